The van der Waals surface area contributed by atoms with Crippen LogP contribution in [0.25, 0.3) is 11.1 Å². The smallest absolute Gasteiger partial charge is 0.247 e. The SMILES string of the molecule is CCCN(C)C[C@@H]1Oc2cc(-c3ccc(OC)cc3)ccc2S(=O)(=O)N([C@@H](C)CO)C[C@@H]1C. The zero-order valence-electron chi connectivity index (χ0n) is 20.2. The van der Waals surface area contributed by atoms with Gasteiger partial charge < -0.3 is 19.5 Å². The van der Waals surface area contributed by atoms with Crippen molar-refractivity contribution in [2.45, 2.75) is 44.2 Å². The minimum atomic E-state index is -3.84. The van der Waals surface area contributed by atoms with E-state index in [9.17, 15) is 13.5 Å². The lowest BCUT2D eigenvalue weighted by atomic mass is 10.0. The Hall–Kier alpha value is -2.13. The zero-order chi connectivity index (χ0) is 24.2. The van der Waals surface area contributed by atoms with Crippen LogP contribution in [-0.2, 0) is 10.0 Å². The van der Waals surface area contributed by atoms with Crippen LogP contribution >= 0.6 is 0 Å². The highest BCUT2D eigenvalue weighted by Crippen LogP contribution is 2.36. The van der Waals surface area contributed by atoms with Crippen LogP contribution in [-0.4, -0.2) is 75.3 Å². The Kier molecular flexibility index (Phi) is 8.39. The first-order valence-corrected chi connectivity index (χ1v) is 12.9. The van der Waals surface area contributed by atoms with E-state index in [0.717, 1.165) is 29.8 Å². The third-order valence-electron chi connectivity index (χ3n) is 6.19. The van der Waals surface area contributed by atoms with Crippen LogP contribution in [0.2, 0.25) is 0 Å². The molecular formula is C25H36N2O5S. The zero-order valence-corrected chi connectivity index (χ0v) is 21.0. The Labute approximate surface area is 198 Å². The van der Waals surface area contributed by atoms with Crippen molar-refractivity contribution in [3.63, 3.8) is 0 Å². The quantitative estimate of drug-likeness (QED) is 0.629. The maximum absolute atomic E-state index is 13.6. The molecule has 0 bridgehead atoms. The van der Waals surface area contributed by atoms with Gasteiger partial charge in [0.15, 0.2) is 0 Å². The fourth-order valence-electron chi connectivity index (χ4n) is 4.19. The maximum Gasteiger partial charge on any atom is 0.247 e. The predicted molar refractivity (Wildman–Crippen MR) is 130 cm³/mol. The van der Waals surface area contributed by atoms with Gasteiger partial charge in [-0.2, -0.15) is 4.31 Å². The summed E-state index contributed by atoms with van der Waals surface area (Å²) in [4.78, 5) is 2.35. The number of hydrogen-bond donors (Lipinski definition) is 1. The molecular weight excluding hydrogens is 440 g/mol. The Morgan fingerprint density at radius 2 is 1.88 bits per heavy atom. The van der Waals surface area contributed by atoms with Crippen LogP contribution in [0.15, 0.2) is 47.4 Å². The van der Waals surface area contributed by atoms with Gasteiger partial charge in [0, 0.05) is 25.0 Å². The molecule has 0 fully saturated rings. The molecule has 0 saturated carbocycles. The summed E-state index contributed by atoms with van der Waals surface area (Å²) >= 11 is 0. The molecule has 182 valence electrons. The number of sulfonamides is 1. The number of aliphatic hydroxyl groups excluding tert-OH is 1. The van der Waals surface area contributed by atoms with Crippen molar-refractivity contribution in [2.24, 2.45) is 5.92 Å². The molecule has 2 aromatic carbocycles. The summed E-state index contributed by atoms with van der Waals surface area (Å²) in [6.45, 7) is 7.53. The van der Waals surface area contributed by atoms with E-state index in [-0.39, 0.29) is 30.1 Å². The molecule has 0 unspecified atom stereocenters. The van der Waals surface area contributed by atoms with E-state index in [1.807, 2.05) is 31.2 Å². The van der Waals surface area contributed by atoms with Crippen molar-refractivity contribution in [1.82, 2.24) is 9.21 Å². The molecule has 0 saturated heterocycles. The van der Waals surface area contributed by atoms with E-state index in [1.165, 1.54) is 4.31 Å². The van der Waals surface area contributed by atoms with Gasteiger partial charge in [-0.15, -0.1) is 0 Å². The second kappa shape index (κ2) is 10.9. The van der Waals surface area contributed by atoms with E-state index in [2.05, 4.69) is 18.9 Å². The molecule has 0 aromatic heterocycles. The third-order valence-corrected chi connectivity index (χ3v) is 8.21. The summed E-state index contributed by atoms with van der Waals surface area (Å²) in [7, 11) is -0.170. The summed E-state index contributed by atoms with van der Waals surface area (Å²) in [6.07, 6.45) is 0.827. The van der Waals surface area contributed by atoms with Gasteiger partial charge >= 0.3 is 0 Å². The average molecular weight is 477 g/mol. The maximum atomic E-state index is 13.6. The summed E-state index contributed by atoms with van der Waals surface area (Å²) in [5, 5.41) is 9.78. The highest BCUT2D eigenvalue weighted by molar-refractivity contribution is 7.89. The molecule has 1 aliphatic rings. The fraction of sp³-hybridized carbons (Fsp3) is 0.520. The monoisotopic (exact) mass is 476 g/mol. The van der Waals surface area contributed by atoms with E-state index >= 15 is 0 Å². The van der Waals surface area contributed by atoms with E-state index < -0.39 is 16.1 Å². The van der Waals surface area contributed by atoms with Crippen molar-refractivity contribution in [3.8, 4) is 22.6 Å². The summed E-state index contributed by atoms with van der Waals surface area (Å²) in [5.41, 5.74) is 1.80. The van der Waals surface area contributed by atoms with Crippen LogP contribution in [0.5, 0.6) is 11.5 Å². The van der Waals surface area contributed by atoms with Crippen LogP contribution in [0, 0.1) is 5.92 Å². The van der Waals surface area contributed by atoms with Crippen molar-refractivity contribution >= 4 is 10.0 Å². The first-order valence-electron chi connectivity index (χ1n) is 11.5. The number of nitrogens with zero attached hydrogens (tertiary/aromatic N) is 2. The summed E-state index contributed by atoms with van der Waals surface area (Å²) < 4.78 is 40.3. The highest BCUT2D eigenvalue weighted by atomic mass is 32.2. The predicted octanol–water partition coefficient (Wildman–Crippen LogP) is 3.47. The molecule has 1 aliphatic heterocycles. The van der Waals surface area contributed by atoms with Gasteiger partial charge in [-0.1, -0.05) is 32.0 Å². The van der Waals surface area contributed by atoms with Crippen LogP contribution in [0.1, 0.15) is 27.2 Å². The lowest BCUT2D eigenvalue weighted by molar-refractivity contribution is 0.0753. The lowest BCUT2D eigenvalue weighted by Crippen LogP contribution is -2.49. The molecule has 0 radical (unpaired) electrons. The number of aliphatic hydroxyl groups is 1. The topological polar surface area (TPSA) is 79.3 Å². The number of likely N-dealkylation sites (N-methyl/N-ethyl adjacent to an activating group) is 1. The average Bonchev–Trinajstić information content (AvgIpc) is 2.80. The Morgan fingerprint density at radius 3 is 2.48 bits per heavy atom. The largest absolute Gasteiger partial charge is 0.497 e. The number of fused-ring (bicyclic) bond motifs is 1. The van der Waals surface area contributed by atoms with Crippen LogP contribution in [0.4, 0.5) is 0 Å². The van der Waals surface area contributed by atoms with E-state index in [1.54, 1.807) is 32.2 Å². The van der Waals surface area contributed by atoms with Gasteiger partial charge in [-0.3, -0.25) is 0 Å². The van der Waals surface area contributed by atoms with Crippen molar-refractivity contribution < 1.29 is 23.0 Å². The normalized spacial score (nSPS) is 21.5. The first kappa shape index (κ1) is 25.5. The number of methoxy groups -OCH3 is 1. The molecule has 2 aromatic rings. The minimum absolute atomic E-state index is 0.0640. The number of ether oxygens (including phenoxy) is 2. The molecule has 7 nitrogen and oxygen atoms in total. The third kappa shape index (κ3) is 5.69. The lowest BCUT2D eigenvalue weighted by Gasteiger charge is -2.37. The molecule has 0 aliphatic carbocycles. The Morgan fingerprint density at radius 1 is 1.21 bits per heavy atom. The van der Waals surface area contributed by atoms with E-state index in [4.69, 9.17) is 9.47 Å². The fourth-order valence-corrected chi connectivity index (χ4v) is 6.01. The van der Waals surface area contributed by atoms with Gasteiger partial charge in [-0.05, 0) is 62.3 Å². The van der Waals surface area contributed by atoms with E-state index in [0.29, 0.717) is 12.3 Å². The van der Waals surface area contributed by atoms with Crippen molar-refractivity contribution in [2.75, 3.05) is 40.4 Å². The Bertz CT molecular complexity index is 1030. The van der Waals surface area contributed by atoms with Crippen LogP contribution < -0.4 is 9.47 Å². The number of rotatable bonds is 8. The number of benzene rings is 2. The summed E-state index contributed by atoms with van der Waals surface area (Å²) in [5.74, 6) is 1.04. The molecule has 1 N–H and O–H groups in total. The second-order valence-corrected chi connectivity index (χ2v) is 10.8. The van der Waals surface area contributed by atoms with Crippen molar-refractivity contribution in [3.05, 3.63) is 42.5 Å². The molecule has 33 heavy (non-hydrogen) atoms. The molecule has 0 spiro atoms. The van der Waals surface area contributed by atoms with Gasteiger partial charge in [0.2, 0.25) is 10.0 Å². The standard InChI is InChI=1S/C25H36N2O5S/c1-6-13-26(4)16-24-18(2)15-27(19(3)17-28)33(29,30)25-12-9-21(14-23(25)32-24)20-7-10-22(31-5)11-8-20/h7-12,14,18-19,24,28H,6,13,15-17H2,1-5H3/t18-,19-,24-/m0/s1. The van der Waals surface area contributed by atoms with Gasteiger partial charge in [-0.25, -0.2) is 8.42 Å². The molecule has 1 heterocycles. The summed E-state index contributed by atoms with van der Waals surface area (Å²) in [6, 6.07) is 12.3. The molecule has 8 heteroatoms. The Balaban J connectivity index is 2.09. The van der Waals surface area contributed by atoms with Gasteiger partial charge in [0.1, 0.15) is 22.5 Å². The second-order valence-electron chi connectivity index (χ2n) is 8.89. The highest BCUT2D eigenvalue weighted by Gasteiger charge is 2.38. The first-order chi connectivity index (χ1) is 15.7. The molecule has 0 amide bonds. The van der Waals surface area contributed by atoms with Crippen LogP contribution in [0.3, 0.4) is 0 Å². The van der Waals surface area contributed by atoms with Gasteiger partial charge in [0.25, 0.3) is 0 Å². The molecule has 3 rings (SSSR count). The molecule has 3 atom stereocenters. The van der Waals surface area contributed by atoms with Gasteiger partial charge in [0.05, 0.1) is 13.7 Å². The van der Waals surface area contributed by atoms with Crippen molar-refractivity contribution in [1.29, 1.82) is 0 Å². The number of hydrogen-bond acceptors (Lipinski definition) is 6. The minimum Gasteiger partial charge on any atom is -0.497 e.